The van der Waals surface area contributed by atoms with Gasteiger partial charge in [0.2, 0.25) is 0 Å². The maximum atomic E-state index is 10.7. The number of hydrogen-bond donors (Lipinski definition) is 6. The fourth-order valence-electron chi connectivity index (χ4n) is 0.605. The van der Waals surface area contributed by atoms with Crippen LogP contribution in [-0.2, 0) is 18.9 Å². The normalized spacial score (nSPS) is 13.6. The molecule has 16 heavy (non-hydrogen) atoms. The van der Waals surface area contributed by atoms with Gasteiger partial charge in [-0.05, 0) is 0 Å². The fourth-order valence-corrected chi connectivity index (χ4v) is 0.605. The van der Waals surface area contributed by atoms with Crippen LogP contribution in [0.3, 0.4) is 0 Å². The van der Waals surface area contributed by atoms with Crippen molar-refractivity contribution in [3.63, 3.8) is 0 Å². The maximum absolute atomic E-state index is 10.7. The van der Waals surface area contributed by atoms with Gasteiger partial charge in [0.05, 0.1) is 0 Å². The summed E-state index contributed by atoms with van der Waals surface area (Å²) in [6, 6.07) is 0. The zero-order valence-electron chi connectivity index (χ0n) is 7.63. The van der Waals surface area contributed by atoms with Crippen molar-refractivity contribution < 1.29 is 49.2 Å². The van der Waals surface area contributed by atoms with Gasteiger partial charge in [-0.25, -0.2) is 0 Å². The van der Waals surface area contributed by atoms with Crippen LogP contribution >= 0.6 is 0 Å². The Morgan fingerprint density at radius 3 is 1.25 bits per heavy atom. The van der Waals surface area contributed by atoms with Gasteiger partial charge in [-0.15, -0.1) is 0 Å². The Morgan fingerprint density at radius 1 is 0.812 bits per heavy atom. The van der Waals surface area contributed by atoms with Gasteiger partial charge in [-0.1, -0.05) is 0 Å². The van der Waals surface area contributed by atoms with Crippen LogP contribution in [0.25, 0.3) is 0 Å². The van der Waals surface area contributed by atoms with Gasteiger partial charge in [0, 0.05) is 0 Å². The predicted molar refractivity (Wildman–Crippen MR) is 44.6 cm³/mol. The van der Waals surface area contributed by atoms with Crippen molar-refractivity contribution >= 4 is 26.6 Å². The molecule has 2 atom stereocenters. The topological polar surface area (TPSA) is 174 Å². The zero-order chi connectivity index (χ0) is 12.9. The van der Waals surface area contributed by atoms with E-state index in [4.69, 9.17) is 30.3 Å². The number of carbonyl (C=O) groups is 2. The van der Waals surface area contributed by atoms with Crippen LogP contribution in [0.4, 0.5) is 0 Å². The molecule has 10 nitrogen and oxygen atoms in total. The second-order valence-corrected chi connectivity index (χ2v) is 2.42. The lowest BCUT2D eigenvalue weighted by atomic mass is 10.1. The first-order valence-corrected chi connectivity index (χ1v) is 3.75. The second-order valence-electron chi connectivity index (χ2n) is 2.42. The van der Waals surface area contributed by atoms with E-state index in [1.54, 1.807) is 0 Å². The Bertz CT molecular complexity index is 227. The summed E-state index contributed by atoms with van der Waals surface area (Å²) < 4.78 is 7.24. The molecule has 0 bridgehead atoms. The second kappa shape index (κ2) is 6.42. The number of aliphatic hydroxyl groups excluding tert-OH is 2. The zero-order valence-corrected chi connectivity index (χ0v) is 7.63. The molecule has 2 unspecified atom stereocenters. The molecule has 0 aromatic heterocycles. The fraction of sp³-hybridized carbons (Fsp3) is 0.500. The number of rotatable bonds is 5. The first kappa shape index (κ1) is 14.8. The summed E-state index contributed by atoms with van der Waals surface area (Å²) in [5, 5.41) is 50.5. The van der Waals surface area contributed by atoms with Crippen molar-refractivity contribution in [1.82, 2.24) is 0 Å². The monoisotopic (exact) mass is 238 g/mol. The van der Waals surface area contributed by atoms with E-state index in [9.17, 15) is 9.59 Å². The minimum Gasteiger partial charge on any atom is -0.483 e. The van der Waals surface area contributed by atoms with Gasteiger partial charge in [0.25, 0.3) is 0 Å². The first-order valence-electron chi connectivity index (χ1n) is 3.75. The summed E-state index contributed by atoms with van der Waals surface area (Å²) in [7, 11) is -5.07. The lowest BCUT2D eigenvalue weighted by Crippen LogP contribution is -2.45. The highest BCUT2D eigenvalue weighted by Gasteiger charge is 2.36. The van der Waals surface area contributed by atoms with Crippen LogP contribution in [0.15, 0.2) is 0 Å². The highest BCUT2D eigenvalue weighted by Crippen LogP contribution is 2.00. The van der Waals surface area contributed by atoms with Crippen LogP contribution in [0.2, 0.25) is 0 Å². The van der Waals surface area contributed by atoms with Crippen molar-refractivity contribution in [2.75, 3.05) is 0 Å². The van der Waals surface area contributed by atoms with Crippen molar-refractivity contribution in [2.24, 2.45) is 0 Å². The molecule has 0 aromatic carbocycles. The molecular formula is C4H8B2O10. The van der Waals surface area contributed by atoms with Crippen molar-refractivity contribution in [3.05, 3.63) is 0 Å². The van der Waals surface area contributed by atoms with Gasteiger partial charge in [-0.3, -0.25) is 9.59 Å². The molecule has 0 spiro atoms. The summed E-state index contributed by atoms with van der Waals surface area (Å²) in [5.74, 6) is -3.43. The molecule has 6 N–H and O–H groups in total. The minimum atomic E-state index is -2.53. The third-order valence-corrected chi connectivity index (χ3v) is 1.23. The smallest absolute Gasteiger partial charge is 0.483 e. The van der Waals surface area contributed by atoms with Crippen LogP contribution in [0, 0.1) is 0 Å². The lowest BCUT2D eigenvalue weighted by Gasteiger charge is -2.15. The van der Waals surface area contributed by atoms with E-state index in [2.05, 4.69) is 9.31 Å². The average molecular weight is 238 g/mol. The van der Waals surface area contributed by atoms with Crippen molar-refractivity contribution in [2.45, 2.75) is 12.2 Å². The average Bonchev–Trinajstić information content (AvgIpc) is 2.13. The van der Waals surface area contributed by atoms with Gasteiger partial charge in [-0.2, -0.15) is 0 Å². The molecule has 0 amide bonds. The van der Waals surface area contributed by atoms with Crippen LogP contribution in [-0.4, -0.2) is 69.1 Å². The van der Waals surface area contributed by atoms with Crippen LogP contribution in [0.5, 0.6) is 0 Å². The minimum absolute atomic E-state index is 1.72. The van der Waals surface area contributed by atoms with Gasteiger partial charge in [0.1, 0.15) is 0 Å². The largest absolute Gasteiger partial charge is 0.709 e. The molecule has 0 aromatic rings. The molecule has 0 aliphatic rings. The van der Waals surface area contributed by atoms with Crippen LogP contribution in [0.1, 0.15) is 0 Å². The van der Waals surface area contributed by atoms with Gasteiger partial charge >= 0.3 is 26.6 Å². The van der Waals surface area contributed by atoms with Gasteiger partial charge < -0.3 is 39.6 Å². The number of aliphatic hydroxyl groups is 2. The van der Waals surface area contributed by atoms with E-state index >= 15 is 0 Å². The Kier molecular flexibility index (Phi) is 5.95. The van der Waals surface area contributed by atoms with Crippen molar-refractivity contribution in [3.8, 4) is 0 Å². The summed E-state index contributed by atoms with van der Waals surface area (Å²) in [6.07, 6.45) is -4.93. The van der Waals surface area contributed by atoms with Crippen LogP contribution < -0.4 is 0 Å². The van der Waals surface area contributed by atoms with E-state index in [-0.39, 0.29) is 0 Å². The third-order valence-electron chi connectivity index (χ3n) is 1.23. The maximum Gasteiger partial charge on any atom is 0.709 e. The predicted octanol–water partition coefficient (Wildman–Crippen LogP) is -5.27. The molecule has 0 saturated heterocycles. The number of carbonyl (C=O) groups excluding carboxylic acids is 2. The number of hydrogen-bond acceptors (Lipinski definition) is 10. The molecule has 90 valence electrons. The van der Waals surface area contributed by atoms with E-state index < -0.39 is 38.8 Å². The molecule has 0 rings (SSSR count). The Labute approximate surface area is 89.0 Å². The quantitative estimate of drug-likeness (QED) is 0.253. The van der Waals surface area contributed by atoms with E-state index in [0.29, 0.717) is 0 Å². The first-order chi connectivity index (χ1) is 7.25. The molecule has 0 saturated carbocycles. The third kappa shape index (κ3) is 5.06. The standard InChI is InChI=1S/C4H8B2O10/c7-1(3(9)15-5(11)12)2(8)4(10)16-6(13)14/h1-2,7-8,11-14H. The van der Waals surface area contributed by atoms with E-state index in [1.807, 2.05) is 0 Å². The van der Waals surface area contributed by atoms with E-state index in [0.717, 1.165) is 0 Å². The Morgan fingerprint density at radius 2 is 1.06 bits per heavy atom. The highest BCUT2D eigenvalue weighted by atomic mass is 16.7. The molecule has 0 radical (unpaired) electrons. The molecule has 12 heteroatoms. The van der Waals surface area contributed by atoms with E-state index in [1.165, 1.54) is 0 Å². The SMILES string of the molecule is O=C(OB(O)O)C(O)C(O)C(=O)OB(O)O. The molecule has 0 fully saturated rings. The molecule has 0 aliphatic carbocycles. The summed E-state index contributed by atoms with van der Waals surface area (Å²) >= 11 is 0. The molecule has 0 aliphatic heterocycles. The summed E-state index contributed by atoms with van der Waals surface area (Å²) in [5.41, 5.74) is 0. The van der Waals surface area contributed by atoms with Crippen molar-refractivity contribution in [1.29, 1.82) is 0 Å². The highest BCUT2D eigenvalue weighted by molar-refractivity contribution is 6.36. The van der Waals surface area contributed by atoms with Gasteiger partial charge in [0.15, 0.2) is 12.2 Å². The Hall–Kier alpha value is -1.17. The molecular weight excluding hydrogens is 230 g/mol. The Balaban J connectivity index is 4.31. The summed E-state index contributed by atoms with van der Waals surface area (Å²) in [4.78, 5) is 21.4. The summed E-state index contributed by atoms with van der Waals surface area (Å²) in [6.45, 7) is 0. The molecule has 0 heterocycles. The lowest BCUT2D eigenvalue weighted by molar-refractivity contribution is -0.165.